The third-order valence-electron chi connectivity index (χ3n) is 7.69. The number of carbonyl (C=O) groups excluding carboxylic acids is 1. The van der Waals surface area contributed by atoms with E-state index in [0.717, 1.165) is 6.07 Å². The van der Waals surface area contributed by atoms with Gasteiger partial charge in [-0.3, -0.25) is 4.79 Å². The number of aliphatic hydroxyl groups is 1. The molecule has 0 amide bonds. The maximum atomic E-state index is 14.8. The van der Waals surface area contributed by atoms with E-state index >= 15 is 0 Å². The van der Waals surface area contributed by atoms with Crippen LogP contribution in [0.3, 0.4) is 0 Å². The molecular formula is C27H32F5N3O4. The van der Waals surface area contributed by atoms with Crippen LogP contribution in [-0.2, 0) is 33.0 Å². The Hall–Kier alpha value is -2.70. The molecule has 2 aromatic rings. The van der Waals surface area contributed by atoms with Crippen molar-refractivity contribution in [2.24, 2.45) is 5.92 Å². The molecule has 2 atom stereocenters. The van der Waals surface area contributed by atoms with E-state index in [4.69, 9.17) is 9.47 Å². The quantitative estimate of drug-likeness (QED) is 0.373. The molecule has 4 rings (SSSR count). The summed E-state index contributed by atoms with van der Waals surface area (Å²) in [6, 6.07) is 2.72. The predicted molar refractivity (Wildman–Crippen MR) is 131 cm³/mol. The fraction of sp³-hybridized carbons (Fsp3) is 0.593. The summed E-state index contributed by atoms with van der Waals surface area (Å²) < 4.78 is 81.0. The van der Waals surface area contributed by atoms with Gasteiger partial charge in [0.05, 0.1) is 11.6 Å². The van der Waals surface area contributed by atoms with E-state index in [0.29, 0.717) is 56.6 Å². The molecule has 12 heteroatoms. The van der Waals surface area contributed by atoms with Crippen LogP contribution in [0, 0.1) is 11.7 Å². The molecule has 214 valence electrons. The lowest BCUT2D eigenvalue weighted by Crippen LogP contribution is -2.45. The van der Waals surface area contributed by atoms with E-state index in [1.165, 1.54) is 26.2 Å². The van der Waals surface area contributed by atoms with Gasteiger partial charge in [-0.25, -0.2) is 23.1 Å². The summed E-state index contributed by atoms with van der Waals surface area (Å²) in [7, 11) is 1.51. The van der Waals surface area contributed by atoms with Gasteiger partial charge in [-0.1, -0.05) is 18.2 Å². The summed E-state index contributed by atoms with van der Waals surface area (Å²) in [4.78, 5) is 21.0. The van der Waals surface area contributed by atoms with Gasteiger partial charge in [0.2, 0.25) is 5.82 Å². The van der Waals surface area contributed by atoms with Gasteiger partial charge in [0.1, 0.15) is 23.8 Å². The smallest absolute Gasteiger partial charge is 0.329 e. The molecule has 39 heavy (non-hydrogen) atoms. The van der Waals surface area contributed by atoms with E-state index in [1.807, 2.05) is 0 Å². The second kappa shape index (κ2) is 11.8. The molecule has 1 aromatic heterocycles. The van der Waals surface area contributed by atoms with Crippen LogP contribution in [0.2, 0.25) is 0 Å². The summed E-state index contributed by atoms with van der Waals surface area (Å²) >= 11 is 0. The minimum atomic E-state index is -3.72. The Kier molecular flexibility index (Phi) is 8.87. The van der Waals surface area contributed by atoms with Gasteiger partial charge in [0, 0.05) is 56.4 Å². The van der Waals surface area contributed by atoms with Crippen molar-refractivity contribution in [3.63, 3.8) is 0 Å². The Labute approximate surface area is 223 Å². The van der Waals surface area contributed by atoms with Crippen molar-refractivity contribution in [2.45, 2.75) is 69.4 Å². The number of aromatic nitrogens is 2. The van der Waals surface area contributed by atoms with Gasteiger partial charge in [0.15, 0.2) is 5.78 Å². The van der Waals surface area contributed by atoms with Gasteiger partial charge < -0.3 is 19.9 Å². The number of aliphatic hydroxyl groups excluding tert-OH is 1. The van der Waals surface area contributed by atoms with Crippen LogP contribution in [0.5, 0.6) is 0 Å². The highest BCUT2D eigenvalue weighted by Gasteiger charge is 2.41. The molecule has 1 aliphatic carbocycles. The van der Waals surface area contributed by atoms with Crippen LogP contribution in [0.25, 0.3) is 0 Å². The largest absolute Gasteiger partial charge is 0.390 e. The highest BCUT2D eigenvalue weighted by Crippen LogP contribution is 2.38. The average Bonchev–Trinajstić information content (AvgIpc) is 3.35. The molecule has 1 aromatic carbocycles. The van der Waals surface area contributed by atoms with Crippen LogP contribution < -0.4 is 5.32 Å². The highest BCUT2D eigenvalue weighted by molar-refractivity contribution is 5.87. The molecule has 1 saturated heterocycles. The van der Waals surface area contributed by atoms with Crippen molar-refractivity contribution >= 4 is 11.6 Å². The van der Waals surface area contributed by atoms with E-state index in [9.17, 15) is 31.9 Å². The summed E-state index contributed by atoms with van der Waals surface area (Å²) in [5.41, 5.74) is -0.843. The number of ketones is 1. The minimum absolute atomic E-state index is 0.0177. The fourth-order valence-corrected chi connectivity index (χ4v) is 5.32. The lowest BCUT2D eigenvalue weighted by atomic mass is 9.85. The standard InChI is InChI=1S/C27H32F5N3O4/c1-15(17-4-3-5-18(22(17)28)23(29)30)33-24-19-12-16(13-20(19)34-25(35-24)27(31,32)14-36)6-7-21(37)26(38-2)8-10-39-11-9-26/h3-5,15-16,23,36H,6-14H2,1-2H3,(H,33,34,35)/t15-,16?/m1/s1. The maximum absolute atomic E-state index is 14.8. The second-order valence-electron chi connectivity index (χ2n) is 10.1. The number of alkyl halides is 4. The Bertz CT molecular complexity index is 1190. The monoisotopic (exact) mass is 557 g/mol. The Morgan fingerprint density at radius 3 is 2.56 bits per heavy atom. The number of benzene rings is 1. The van der Waals surface area contributed by atoms with Crippen molar-refractivity contribution in [3.8, 4) is 0 Å². The van der Waals surface area contributed by atoms with Crippen molar-refractivity contribution in [3.05, 3.63) is 52.2 Å². The van der Waals surface area contributed by atoms with Gasteiger partial charge in [-0.05, 0) is 32.1 Å². The van der Waals surface area contributed by atoms with E-state index in [2.05, 4.69) is 15.3 Å². The number of carbonyl (C=O) groups is 1. The normalized spacial score (nSPS) is 19.7. The number of hydrogen-bond acceptors (Lipinski definition) is 7. The van der Waals surface area contributed by atoms with Crippen LogP contribution in [-0.4, -0.2) is 53.4 Å². The molecule has 2 heterocycles. The summed E-state index contributed by atoms with van der Waals surface area (Å²) in [5, 5.41) is 12.1. The highest BCUT2D eigenvalue weighted by atomic mass is 19.3. The number of anilines is 1. The van der Waals surface area contributed by atoms with Gasteiger partial charge in [0.25, 0.3) is 6.43 Å². The molecule has 0 saturated carbocycles. The molecule has 1 aliphatic heterocycles. The number of rotatable bonds is 11. The van der Waals surface area contributed by atoms with Gasteiger partial charge in [-0.15, -0.1) is 0 Å². The number of halogens is 5. The minimum Gasteiger partial charge on any atom is -0.390 e. The number of methoxy groups -OCH3 is 1. The number of Topliss-reactive ketones (excluding diaryl/α,β-unsaturated/α-hetero) is 1. The van der Waals surface area contributed by atoms with E-state index in [-0.39, 0.29) is 29.5 Å². The van der Waals surface area contributed by atoms with Crippen molar-refractivity contribution in [1.82, 2.24) is 9.97 Å². The molecular weight excluding hydrogens is 525 g/mol. The van der Waals surface area contributed by atoms with Crippen molar-refractivity contribution < 1.29 is 41.3 Å². The first-order chi connectivity index (χ1) is 18.5. The van der Waals surface area contributed by atoms with Gasteiger partial charge in [-0.2, -0.15) is 8.78 Å². The first-order valence-electron chi connectivity index (χ1n) is 12.9. The number of fused-ring (bicyclic) bond motifs is 1. The van der Waals surface area contributed by atoms with Crippen LogP contribution in [0.15, 0.2) is 18.2 Å². The van der Waals surface area contributed by atoms with Crippen molar-refractivity contribution in [2.75, 3.05) is 32.2 Å². The fourth-order valence-electron chi connectivity index (χ4n) is 5.32. The maximum Gasteiger partial charge on any atom is 0.329 e. The van der Waals surface area contributed by atoms with Crippen LogP contribution >= 0.6 is 0 Å². The third kappa shape index (κ3) is 6.07. The first kappa shape index (κ1) is 29.3. The predicted octanol–water partition coefficient (Wildman–Crippen LogP) is 5.07. The molecule has 0 bridgehead atoms. The SMILES string of the molecule is COC1(C(=O)CCC2Cc3nc(C(F)(F)CO)nc(N[C@H](C)c4cccc(C(F)F)c4F)c3C2)CCOCC1. The number of nitrogens with zero attached hydrogens (tertiary/aromatic N) is 2. The molecule has 2 N–H and O–H groups in total. The number of nitrogens with one attached hydrogen (secondary N) is 1. The zero-order valence-corrected chi connectivity index (χ0v) is 21.8. The average molecular weight is 558 g/mol. The zero-order chi connectivity index (χ0) is 28.4. The Morgan fingerprint density at radius 2 is 1.92 bits per heavy atom. The number of hydrogen-bond donors (Lipinski definition) is 2. The summed E-state index contributed by atoms with van der Waals surface area (Å²) in [5.74, 6) is -5.82. The lowest BCUT2D eigenvalue weighted by molar-refractivity contribution is -0.153. The van der Waals surface area contributed by atoms with Crippen molar-refractivity contribution in [1.29, 1.82) is 0 Å². The molecule has 7 nitrogen and oxygen atoms in total. The lowest BCUT2D eigenvalue weighted by Gasteiger charge is -2.34. The topological polar surface area (TPSA) is 93.6 Å². The molecule has 1 fully saturated rings. The first-order valence-corrected chi connectivity index (χ1v) is 12.9. The van der Waals surface area contributed by atoms with E-state index < -0.39 is 47.8 Å². The van der Waals surface area contributed by atoms with E-state index in [1.54, 1.807) is 0 Å². The molecule has 2 aliphatic rings. The molecule has 0 radical (unpaired) electrons. The molecule has 0 spiro atoms. The van der Waals surface area contributed by atoms with Crippen LogP contribution in [0.4, 0.5) is 27.8 Å². The van der Waals surface area contributed by atoms with Gasteiger partial charge >= 0.3 is 5.92 Å². The summed E-state index contributed by atoms with van der Waals surface area (Å²) in [6.45, 7) is 0.863. The zero-order valence-electron chi connectivity index (χ0n) is 21.8. The van der Waals surface area contributed by atoms with Crippen LogP contribution in [0.1, 0.15) is 73.3 Å². The number of ether oxygens (including phenoxy) is 2. The Balaban J connectivity index is 1.56. The summed E-state index contributed by atoms with van der Waals surface area (Å²) in [6.07, 6.45) is -0.706. The molecule has 1 unspecified atom stereocenters. The third-order valence-corrected chi connectivity index (χ3v) is 7.69. The second-order valence-corrected chi connectivity index (χ2v) is 10.1. The Morgan fingerprint density at radius 1 is 1.23 bits per heavy atom.